The fourth-order valence-corrected chi connectivity index (χ4v) is 21.6. The number of hydrogen-bond donors (Lipinski definition) is 0. The molecule has 0 spiro atoms. The van der Waals surface area contributed by atoms with E-state index in [2.05, 4.69) is 87.6 Å². The predicted molar refractivity (Wildman–Crippen MR) is 115 cm³/mol. The van der Waals surface area contributed by atoms with Gasteiger partial charge >= 0.3 is 0 Å². The maximum atomic E-state index is 2.69. The van der Waals surface area contributed by atoms with Crippen molar-refractivity contribution in [1.29, 1.82) is 0 Å². The second-order valence-corrected chi connectivity index (χ2v) is 22.1. The van der Waals surface area contributed by atoms with Crippen LogP contribution in [-0.2, 0) is 0 Å². The van der Waals surface area contributed by atoms with Gasteiger partial charge in [-0.3, -0.25) is 0 Å². The monoisotopic (exact) mass is 354 g/mol. The van der Waals surface area contributed by atoms with Gasteiger partial charge in [0, 0.05) is 0 Å². The zero-order valence-corrected chi connectivity index (χ0v) is 18.0. The van der Waals surface area contributed by atoms with E-state index in [0.29, 0.717) is 0 Å². The molecule has 0 radical (unpaired) electrons. The fraction of sp³-hybridized carbons (Fsp3) is 0.455. The van der Waals surface area contributed by atoms with Gasteiger partial charge < -0.3 is 0 Å². The molecule has 0 fully saturated rings. The van der Waals surface area contributed by atoms with Crippen molar-refractivity contribution in [1.82, 2.24) is 0 Å². The largest absolute Gasteiger partial charge is 0.110 e. The smallest absolute Gasteiger partial charge is 0.0707 e. The van der Waals surface area contributed by atoms with Crippen LogP contribution in [0.2, 0.25) is 25.2 Å². The lowest BCUT2D eigenvalue weighted by Gasteiger charge is -2.45. The van der Waals surface area contributed by atoms with Crippen molar-refractivity contribution < 1.29 is 0 Å². The molecule has 0 atom stereocenters. The van der Waals surface area contributed by atoms with E-state index in [0.717, 1.165) is 0 Å². The van der Waals surface area contributed by atoms with Crippen molar-refractivity contribution in [2.75, 3.05) is 0 Å². The van der Waals surface area contributed by atoms with Crippen molar-refractivity contribution in [2.45, 2.75) is 64.7 Å². The second-order valence-electron chi connectivity index (χ2n) is 7.73. The third kappa shape index (κ3) is 3.92. The predicted octanol–water partition coefficient (Wildman–Crippen LogP) is 5.64. The molecule has 0 N–H and O–H groups in total. The summed E-state index contributed by atoms with van der Waals surface area (Å²) in [5.41, 5.74) is 0. The van der Waals surface area contributed by atoms with Gasteiger partial charge in [-0.2, -0.15) is 0 Å². The fourth-order valence-electron chi connectivity index (χ4n) is 4.29. The molecule has 0 aliphatic heterocycles. The molecule has 2 heteroatoms. The topological polar surface area (TPSA) is 0 Å². The van der Waals surface area contributed by atoms with Crippen molar-refractivity contribution in [3.05, 3.63) is 60.7 Å². The Kier molecular flexibility index (Phi) is 7.06. The Morgan fingerprint density at radius 3 is 1.46 bits per heavy atom. The molecule has 0 unspecified atom stereocenters. The van der Waals surface area contributed by atoms with Gasteiger partial charge in [0.05, 0.1) is 7.59 Å². The van der Waals surface area contributed by atoms with E-state index in [-0.39, 0.29) is 0 Å². The molecule has 0 amide bonds. The van der Waals surface area contributed by atoms with Crippen LogP contribution in [0.15, 0.2) is 60.7 Å². The molecular weight excluding hydrogens is 320 g/mol. The van der Waals surface area contributed by atoms with Crippen LogP contribution in [0.3, 0.4) is 0 Å². The molecule has 0 bridgehead atoms. The summed E-state index contributed by atoms with van der Waals surface area (Å²) in [7, 11) is -3.08. The Hall–Kier alpha value is -1.13. The minimum atomic E-state index is -1.69. The van der Waals surface area contributed by atoms with Crippen molar-refractivity contribution >= 4 is 25.6 Å². The first-order valence-corrected chi connectivity index (χ1v) is 16.1. The number of benzene rings is 2. The molecule has 0 aliphatic carbocycles. The third-order valence-corrected chi connectivity index (χ3v) is 23.6. The van der Waals surface area contributed by atoms with Gasteiger partial charge in [-0.15, -0.1) is 0 Å². The second kappa shape index (κ2) is 8.82. The summed E-state index contributed by atoms with van der Waals surface area (Å²) in [5.74, 6) is 0. The molecule has 0 aliphatic rings. The first-order valence-electron chi connectivity index (χ1n) is 9.69. The molecule has 2 rings (SSSR count). The normalized spacial score (nSPS) is 12.3. The highest BCUT2D eigenvalue weighted by atomic mass is 29.3. The van der Waals surface area contributed by atoms with E-state index in [9.17, 15) is 0 Å². The molecule has 2 aromatic rings. The van der Waals surface area contributed by atoms with E-state index in [4.69, 9.17) is 0 Å². The number of hydrogen-bond acceptors (Lipinski definition) is 0. The highest BCUT2D eigenvalue weighted by Crippen LogP contribution is 2.30. The van der Waals surface area contributed by atoms with Gasteiger partial charge in [-0.05, 0) is 0 Å². The molecule has 24 heavy (non-hydrogen) atoms. The van der Waals surface area contributed by atoms with Crippen LogP contribution < -0.4 is 10.4 Å². The molecule has 0 saturated carbocycles. The average Bonchev–Trinajstić information content (AvgIpc) is 2.62. The minimum Gasteiger partial charge on any atom is -0.0707 e. The molecular formula is C22H34Si2. The van der Waals surface area contributed by atoms with Crippen LogP contribution in [0.25, 0.3) is 0 Å². The third-order valence-electron chi connectivity index (χ3n) is 5.75. The SMILES string of the molecule is CCCC[Si](C)(C)[Si](CCCC)(c1ccccc1)c1ccccc1. The standard InChI is InChI=1S/C22H34Si2/c1-5-7-19-23(3,4)24(20-8-6-2,21-15-11-9-12-16-21)22-17-13-10-14-18-22/h9-18H,5-8,19-20H2,1-4H3. The van der Waals surface area contributed by atoms with E-state index in [1.54, 1.807) is 10.4 Å². The molecule has 0 heterocycles. The van der Waals surface area contributed by atoms with E-state index in [1.807, 2.05) is 0 Å². The molecule has 2 aromatic carbocycles. The van der Waals surface area contributed by atoms with E-state index in [1.165, 1.54) is 37.8 Å². The summed E-state index contributed by atoms with van der Waals surface area (Å²) in [6, 6.07) is 26.0. The van der Waals surface area contributed by atoms with Crippen LogP contribution in [0, 0.1) is 0 Å². The quantitative estimate of drug-likeness (QED) is 0.511. The maximum Gasteiger partial charge on any atom is 0.110 e. The van der Waals surface area contributed by atoms with E-state index >= 15 is 0 Å². The Labute approximate surface area is 151 Å². The Balaban J connectivity index is 2.64. The van der Waals surface area contributed by atoms with Gasteiger partial charge in [0.1, 0.15) is 7.59 Å². The Bertz CT molecular complexity index is 550. The van der Waals surface area contributed by atoms with Crippen LogP contribution in [-0.4, -0.2) is 15.2 Å². The number of rotatable bonds is 9. The van der Waals surface area contributed by atoms with Gasteiger partial charge in [-0.1, -0.05) is 136 Å². The van der Waals surface area contributed by atoms with Crippen LogP contribution in [0.1, 0.15) is 39.5 Å². The van der Waals surface area contributed by atoms with Gasteiger partial charge in [0.15, 0.2) is 0 Å². The zero-order chi connectivity index (χ0) is 17.5. The van der Waals surface area contributed by atoms with E-state index < -0.39 is 15.2 Å². The first kappa shape index (κ1) is 19.2. The van der Waals surface area contributed by atoms with Crippen molar-refractivity contribution in [2.24, 2.45) is 0 Å². The lowest BCUT2D eigenvalue weighted by molar-refractivity contribution is 0.863. The summed E-state index contributed by atoms with van der Waals surface area (Å²) >= 11 is 0. The minimum absolute atomic E-state index is 1.30. The van der Waals surface area contributed by atoms with Gasteiger partial charge in [-0.25, -0.2) is 0 Å². The lowest BCUT2D eigenvalue weighted by atomic mass is 10.4. The highest BCUT2D eigenvalue weighted by Gasteiger charge is 2.49. The lowest BCUT2D eigenvalue weighted by Crippen LogP contribution is -2.74. The summed E-state index contributed by atoms with van der Waals surface area (Å²) < 4.78 is 0. The van der Waals surface area contributed by atoms with Crippen molar-refractivity contribution in [3.8, 4) is 0 Å². The van der Waals surface area contributed by atoms with Gasteiger partial charge in [0.2, 0.25) is 0 Å². The summed E-state index contributed by atoms with van der Waals surface area (Å²) in [5, 5.41) is 3.36. The van der Waals surface area contributed by atoms with Crippen LogP contribution in [0.4, 0.5) is 0 Å². The Morgan fingerprint density at radius 2 is 1.04 bits per heavy atom. The van der Waals surface area contributed by atoms with Crippen LogP contribution in [0.5, 0.6) is 0 Å². The molecule has 130 valence electrons. The Morgan fingerprint density at radius 1 is 0.625 bits per heavy atom. The van der Waals surface area contributed by atoms with Crippen LogP contribution >= 0.6 is 0 Å². The zero-order valence-electron chi connectivity index (χ0n) is 16.0. The highest BCUT2D eigenvalue weighted by molar-refractivity contribution is 7.51. The summed E-state index contributed by atoms with van der Waals surface area (Å²) in [4.78, 5) is 0. The van der Waals surface area contributed by atoms with Gasteiger partial charge in [0.25, 0.3) is 0 Å². The average molecular weight is 355 g/mol. The first-order chi connectivity index (χ1) is 11.6. The summed E-state index contributed by atoms with van der Waals surface area (Å²) in [6.07, 6.45) is 5.36. The maximum absolute atomic E-state index is 2.69. The molecule has 0 saturated heterocycles. The summed E-state index contributed by atoms with van der Waals surface area (Å²) in [6.45, 7) is 10.1. The number of unbranched alkanes of at least 4 members (excludes halogenated alkanes) is 2. The van der Waals surface area contributed by atoms with Crippen molar-refractivity contribution in [3.63, 3.8) is 0 Å². The molecule has 0 nitrogen and oxygen atoms in total. The molecule has 0 aromatic heterocycles.